The van der Waals surface area contributed by atoms with Crippen LogP contribution in [0.5, 0.6) is 0 Å². The SMILES string of the molecule is C[C@@H](COCC(=O)N1C(=O)OC[C@@H]1c1ccccc1)c1ccc(F)cc1. The van der Waals surface area contributed by atoms with Gasteiger partial charge in [-0.1, -0.05) is 49.4 Å². The molecule has 2 atom stereocenters. The number of nitrogens with zero attached hydrogens (tertiary/aromatic N) is 1. The zero-order valence-electron chi connectivity index (χ0n) is 14.4. The maximum atomic E-state index is 13.0. The van der Waals surface area contributed by atoms with Crippen LogP contribution in [0, 0.1) is 5.82 Å². The van der Waals surface area contributed by atoms with E-state index in [1.807, 2.05) is 37.3 Å². The van der Waals surface area contributed by atoms with E-state index in [1.54, 1.807) is 12.1 Å². The second kappa shape index (κ2) is 8.10. The molecule has 0 N–H and O–H groups in total. The second-order valence-corrected chi connectivity index (χ2v) is 6.23. The Bertz CT molecular complexity index is 763. The second-order valence-electron chi connectivity index (χ2n) is 6.23. The van der Waals surface area contributed by atoms with E-state index < -0.39 is 18.0 Å². The van der Waals surface area contributed by atoms with Gasteiger partial charge in [-0.3, -0.25) is 4.79 Å². The molecule has 2 aromatic carbocycles. The van der Waals surface area contributed by atoms with Crippen LogP contribution in [-0.2, 0) is 14.3 Å². The quantitative estimate of drug-likeness (QED) is 0.792. The molecule has 1 heterocycles. The van der Waals surface area contributed by atoms with Crippen molar-refractivity contribution in [2.75, 3.05) is 19.8 Å². The Kier molecular flexibility index (Phi) is 5.63. The Hall–Kier alpha value is -2.73. The lowest BCUT2D eigenvalue weighted by atomic mass is 10.0. The van der Waals surface area contributed by atoms with Crippen molar-refractivity contribution in [2.24, 2.45) is 0 Å². The van der Waals surface area contributed by atoms with Crippen molar-refractivity contribution in [3.63, 3.8) is 0 Å². The van der Waals surface area contributed by atoms with Gasteiger partial charge in [0.1, 0.15) is 25.1 Å². The molecule has 0 aromatic heterocycles. The van der Waals surface area contributed by atoms with Crippen molar-refractivity contribution < 1.29 is 23.5 Å². The third-order valence-corrected chi connectivity index (χ3v) is 4.36. The Balaban J connectivity index is 1.56. The molecule has 2 amide bonds. The first-order valence-corrected chi connectivity index (χ1v) is 8.43. The van der Waals surface area contributed by atoms with E-state index in [0.717, 1.165) is 16.0 Å². The van der Waals surface area contributed by atoms with Crippen LogP contribution in [0.4, 0.5) is 9.18 Å². The summed E-state index contributed by atoms with van der Waals surface area (Å²) < 4.78 is 23.5. The van der Waals surface area contributed by atoms with Crippen molar-refractivity contribution in [1.82, 2.24) is 4.90 Å². The van der Waals surface area contributed by atoms with Crippen molar-refractivity contribution in [3.8, 4) is 0 Å². The highest BCUT2D eigenvalue weighted by molar-refractivity contribution is 5.94. The van der Waals surface area contributed by atoms with Crippen LogP contribution in [0.25, 0.3) is 0 Å². The molecule has 0 saturated carbocycles. The fourth-order valence-electron chi connectivity index (χ4n) is 2.90. The summed E-state index contributed by atoms with van der Waals surface area (Å²) in [5.41, 5.74) is 1.76. The number of benzene rings is 2. The molecule has 6 heteroatoms. The summed E-state index contributed by atoms with van der Waals surface area (Å²) in [5.74, 6) is -0.733. The highest BCUT2D eigenvalue weighted by atomic mass is 19.1. The summed E-state index contributed by atoms with van der Waals surface area (Å²) >= 11 is 0. The smallest absolute Gasteiger partial charge is 0.417 e. The van der Waals surface area contributed by atoms with Crippen LogP contribution < -0.4 is 0 Å². The van der Waals surface area contributed by atoms with Crippen LogP contribution in [0.1, 0.15) is 30.0 Å². The van der Waals surface area contributed by atoms with Crippen LogP contribution in [0.3, 0.4) is 0 Å². The average molecular weight is 357 g/mol. The lowest BCUT2D eigenvalue weighted by Gasteiger charge is -2.20. The normalized spacial score (nSPS) is 17.8. The van der Waals surface area contributed by atoms with Crippen LogP contribution in [0.15, 0.2) is 54.6 Å². The monoisotopic (exact) mass is 357 g/mol. The van der Waals surface area contributed by atoms with Gasteiger partial charge < -0.3 is 9.47 Å². The molecule has 1 fully saturated rings. The van der Waals surface area contributed by atoms with Crippen LogP contribution in [0.2, 0.25) is 0 Å². The van der Waals surface area contributed by atoms with Crippen molar-refractivity contribution in [1.29, 1.82) is 0 Å². The molecule has 0 unspecified atom stereocenters. The van der Waals surface area contributed by atoms with E-state index in [2.05, 4.69) is 0 Å². The van der Waals surface area contributed by atoms with Gasteiger partial charge in [-0.25, -0.2) is 14.1 Å². The number of amides is 2. The number of imide groups is 1. The van der Waals surface area contributed by atoms with Gasteiger partial charge in [0.2, 0.25) is 0 Å². The number of carbonyl (C=O) groups is 2. The lowest BCUT2D eigenvalue weighted by molar-refractivity contribution is -0.134. The summed E-state index contributed by atoms with van der Waals surface area (Å²) in [4.78, 5) is 25.5. The molecule has 1 saturated heterocycles. The molecule has 0 radical (unpaired) electrons. The number of carbonyl (C=O) groups excluding carboxylic acids is 2. The molecular weight excluding hydrogens is 337 g/mol. The number of hydrogen-bond donors (Lipinski definition) is 0. The highest BCUT2D eigenvalue weighted by Crippen LogP contribution is 2.27. The van der Waals surface area contributed by atoms with Crippen molar-refractivity contribution >= 4 is 12.0 Å². The number of cyclic esters (lactones) is 1. The average Bonchev–Trinajstić information content (AvgIpc) is 3.04. The Morgan fingerprint density at radius 3 is 2.62 bits per heavy atom. The Labute approximate surface area is 151 Å². The third-order valence-electron chi connectivity index (χ3n) is 4.36. The van der Waals surface area contributed by atoms with Gasteiger partial charge in [-0.2, -0.15) is 0 Å². The van der Waals surface area contributed by atoms with Crippen LogP contribution >= 0.6 is 0 Å². The fourth-order valence-corrected chi connectivity index (χ4v) is 2.90. The molecule has 1 aliphatic heterocycles. The fraction of sp³-hybridized carbons (Fsp3) is 0.300. The van der Waals surface area contributed by atoms with Gasteiger partial charge in [0.25, 0.3) is 5.91 Å². The molecule has 2 aromatic rings. The maximum Gasteiger partial charge on any atom is 0.417 e. The van der Waals surface area contributed by atoms with Crippen LogP contribution in [-0.4, -0.2) is 36.7 Å². The highest BCUT2D eigenvalue weighted by Gasteiger charge is 2.38. The van der Waals surface area contributed by atoms with Crippen molar-refractivity contribution in [2.45, 2.75) is 18.9 Å². The number of halogens is 1. The van der Waals surface area contributed by atoms with E-state index in [9.17, 15) is 14.0 Å². The largest absolute Gasteiger partial charge is 0.446 e. The van der Waals surface area contributed by atoms with Gasteiger partial charge in [-0.15, -0.1) is 0 Å². The predicted octanol–water partition coefficient (Wildman–Crippen LogP) is 3.67. The number of rotatable bonds is 6. The van der Waals surface area contributed by atoms with Crippen molar-refractivity contribution in [3.05, 3.63) is 71.5 Å². The minimum Gasteiger partial charge on any atom is -0.446 e. The van der Waals surface area contributed by atoms with E-state index in [-0.39, 0.29) is 31.6 Å². The topological polar surface area (TPSA) is 55.8 Å². The summed E-state index contributed by atoms with van der Waals surface area (Å²) in [6, 6.07) is 15.0. The standard InChI is InChI=1S/C20H20FNO4/c1-14(15-7-9-17(21)10-8-15)11-25-13-19(23)22-18(12-26-20(22)24)16-5-3-2-4-6-16/h2-10,14,18H,11-13H2,1H3/t14-,18+/m0/s1. The van der Waals surface area contributed by atoms with Gasteiger partial charge in [0.15, 0.2) is 0 Å². The molecule has 0 bridgehead atoms. The molecule has 5 nitrogen and oxygen atoms in total. The summed E-state index contributed by atoms with van der Waals surface area (Å²) in [6.07, 6.45) is -0.654. The number of ether oxygens (including phenoxy) is 2. The van der Waals surface area contributed by atoms with E-state index >= 15 is 0 Å². The minimum atomic E-state index is -0.654. The molecule has 3 rings (SSSR count). The third kappa shape index (κ3) is 4.08. The molecule has 136 valence electrons. The minimum absolute atomic E-state index is 0.00106. The van der Waals surface area contributed by atoms with Gasteiger partial charge in [0.05, 0.1) is 6.61 Å². The molecule has 0 aliphatic carbocycles. The first-order chi connectivity index (χ1) is 12.6. The zero-order chi connectivity index (χ0) is 18.5. The first-order valence-electron chi connectivity index (χ1n) is 8.43. The summed E-state index contributed by atoms with van der Waals surface area (Å²) in [6.45, 7) is 2.13. The zero-order valence-corrected chi connectivity index (χ0v) is 14.4. The first kappa shape index (κ1) is 18.1. The molecule has 1 aliphatic rings. The molecular formula is C20H20FNO4. The van der Waals surface area contributed by atoms with E-state index in [4.69, 9.17) is 9.47 Å². The summed E-state index contributed by atoms with van der Waals surface area (Å²) in [5, 5.41) is 0. The molecule has 0 spiro atoms. The van der Waals surface area contributed by atoms with Gasteiger partial charge in [0, 0.05) is 5.92 Å². The summed E-state index contributed by atoms with van der Waals surface area (Å²) in [7, 11) is 0. The van der Waals surface area contributed by atoms with E-state index in [0.29, 0.717) is 0 Å². The maximum absolute atomic E-state index is 13.0. The Morgan fingerprint density at radius 1 is 1.23 bits per heavy atom. The number of hydrogen-bond acceptors (Lipinski definition) is 4. The molecule has 26 heavy (non-hydrogen) atoms. The Morgan fingerprint density at radius 2 is 1.92 bits per heavy atom. The van der Waals surface area contributed by atoms with Gasteiger partial charge >= 0.3 is 6.09 Å². The van der Waals surface area contributed by atoms with E-state index in [1.165, 1.54) is 12.1 Å². The van der Waals surface area contributed by atoms with Gasteiger partial charge in [-0.05, 0) is 23.3 Å². The lowest BCUT2D eigenvalue weighted by Crippen LogP contribution is -2.37. The predicted molar refractivity (Wildman–Crippen MR) is 93.0 cm³/mol.